The molecular formula is C20H20N2O7. The van der Waals surface area contributed by atoms with E-state index < -0.39 is 18.0 Å². The van der Waals surface area contributed by atoms with Gasteiger partial charge in [-0.2, -0.15) is 0 Å². The van der Waals surface area contributed by atoms with Gasteiger partial charge >= 0.3 is 5.97 Å². The molecule has 0 spiro atoms. The van der Waals surface area contributed by atoms with Gasteiger partial charge in [-0.15, -0.1) is 0 Å². The normalized spacial score (nSPS) is 13.3. The van der Waals surface area contributed by atoms with Crippen molar-refractivity contribution in [3.05, 3.63) is 42.0 Å². The number of rotatable bonds is 6. The van der Waals surface area contributed by atoms with Crippen LogP contribution in [0.1, 0.15) is 17.3 Å². The molecular weight excluding hydrogens is 380 g/mol. The number of methoxy groups -OCH3 is 2. The second kappa shape index (κ2) is 8.51. The summed E-state index contributed by atoms with van der Waals surface area (Å²) < 4.78 is 20.9. The number of carbonyl (C=O) groups is 3. The number of anilines is 2. The Morgan fingerprint density at radius 3 is 2.66 bits per heavy atom. The first-order chi connectivity index (χ1) is 13.9. The highest BCUT2D eigenvalue weighted by molar-refractivity contribution is 6.00. The minimum absolute atomic E-state index is 0.132. The van der Waals surface area contributed by atoms with E-state index in [1.807, 2.05) is 0 Å². The van der Waals surface area contributed by atoms with Crippen LogP contribution in [0.4, 0.5) is 11.4 Å². The summed E-state index contributed by atoms with van der Waals surface area (Å²) in [4.78, 5) is 36.2. The van der Waals surface area contributed by atoms with Crippen LogP contribution in [0.15, 0.2) is 36.4 Å². The van der Waals surface area contributed by atoms with Gasteiger partial charge in [0.25, 0.3) is 11.8 Å². The SMILES string of the molecule is COc1ccc(OC)c(NC(=O)C(C)OC(=O)c2ccc3c(c2)OCC(=O)N3)c1. The Morgan fingerprint density at radius 1 is 1.14 bits per heavy atom. The molecule has 29 heavy (non-hydrogen) atoms. The van der Waals surface area contributed by atoms with Gasteiger partial charge in [-0.25, -0.2) is 4.79 Å². The summed E-state index contributed by atoms with van der Waals surface area (Å²) in [7, 11) is 2.98. The first-order valence-electron chi connectivity index (χ1n) is 8.72. The smallest absolute Gasteiger partial charge is 0.339 e. The van der Waals surface area contributed by atoms with Gasteiger partial charge in [-0.05, 0) is 37.3 Å². The van der Waals surface area contributed by atoms with E-state index in [-0.39, 0.29) is 18.1 Å². The monoisotopic (exact) mass is 400 g/mol. The van der Waals surface area contributed by atoms with Crippen LogP contribution < -0.4 is 24.8 Å². The van der Waals surface area contributed by atoms with E-state index in [1.54, 1.807) is 18.2 Å². The lowest BCUT2D eigenvalue weighted by atomic mass is 10.1. The molecule has 0 radical (unpaired) electrons. The molecule has 9 heteroatoms. The molecule has 3 rings (SSSR count). The van der Waals surface area contributed by atoms with Crippen LogP contribution in [-0.2, 0) is 14.3 Å². The van der Waals surface area contributed by atoms with Crippen molar-refractivity contribution in [1.82, 2.24) is 0 Å². The van der Waals surface area contributed by atoms with Crippen molar-refractivity contribution in [3.63, 3.8) is 0 Å². The van der Waals surface area contributed by atoms with E-state index in [1.165, 1.54) is 39.3 Å². The van der Waals surface area contributed by atoms with E-state index >= 15 is 0 Å². The molecule has 2 aromatic carbocycles. The van der Waals surface area contributed by atoms with Gasteiger partial charge in [-0.1, -0.05) is 0 Å². The molecule has 0 bridgehead atoms. The third-order valence-corrected chi connectivity index (χ3v) is 4.17. The highest BCUT2D eigenvalue weighted by atomic mass is 16.5. The van der Waals surface area contributed by atoms with Crippen LogP contribution in [0.25, 0.3) is 0 Å². The third-order valence-electron chi connectivity index (χ3n) is 4.17. The predicted octanol–water partition coefficient (Wildman–Crippen LogP) is 2.22. The van der Waals surface area contributed by atoms with Crippen molar-refractivity contribution in [1.29, 1.82) is 0 Å². The largest absolute Gasteiger partial charge is 0.497 e. The average Bonchev–Trinajstić information content (AvgIpc) is 2.73. The van der Waals surface area contributed by atoms with Gasteiger partial charge < -0.3 is 29.6 Å². The lowest BCUT2D eigenvalue weighted by Crippen LogP contribution is -2.30. The summed E-state index contributed by atoms with van der Waals surface area (Å²) in [6.07, 6.45) is -1.07. The highest BCUT2D eigenvalue weighted by Gasteiger charge is 2.23. The van der Waals surface area contributed by atoms with Crippen LogP contribution in [-0.4, -0.2) is 44.7 Å². The van der Waals surface area contributed by atoms with Gasteiger partial charge in [-0.3, -0.25) is 9.59 Å². The molecule has 0 aromatic heterocycles. The number of ether oxygens (including phenoxy) is 4. The molecule has 0 aliphatic carbocycles. The number of benzene rings is 2. The van der Waals surface area contributed by atoms with E-state index in [9.17, 15) is 14.4 Å². The summed E-state index contributed by atoms with van der Waals surface area (Å²) in [5.74, 6) is -0.179. The Kier molecular flexibility index (Phi) is 5.87. The van der Waals surface area contributed by atoms with E-state index in [4.69, 9.17) is 18.9 Å². The van der Waals surface area contributed by atoms with Crippen LogP contribution in [0.2, 0.25) is 0 Å². The number of esters is 1. The Morgan fingerprint density at radius 2 is 1.93 bits per heavy atom. The maximum absolute atomic E-state index is 12.5. The number of hydrogen-bond donors (Lipinski definition) is 2. The van der Waals surface area contributed by atoms with Gasteiger partial charge in [0.1, 0.15) is 17.2 Å². The Hall–Kier alpha value is -3.75. The van der Waals surface area contributed by atoms with E-state index in [2.05, 4.69) is 10.6 Å². The molecule has 1 unspecified atom stereocenters. The molecule has 2 amide bonds. The number of hydrogen-bond acceptors (Lipinski definition) is 7. The summed E-state index contributed by atoms with van der Waals surface area (Å²) in [6, 6.07) is 9.41. The molecule has 2 aromatic rings. The van der Waals surface area contributed by atoms with Gasteiger partial charge in [0.05, 0.1) is 31.2 Å². The van der Waals surface area contributed by atoms with E-state index in [0.29, 0.717) is 28.6 Å². The first kappa shape index (κ1) is 20.0. The average molecular weight is 400 g/mol. The number of nitrogens with one attached hydrogen (secondary N) is 2. The fourth-order valence-corrected chi connectivity index (χ4v) is 2.63. The lowest BCUT2D eigenvalue weighted by Gasteiger charge is -2.19. The van der Waals surface area contributed by atoms with Gasteiger partial charge in [0, 0.05) is 6.07 Å². The molecule has 1 aliphatic heterocycles. The standard InChI is InChI=1S/C20H20N2O7/c1-11(19(24)22-15-9-13(26-2)5-7-16(15)27-3)29-20(25)12-4-6-14-17(8-12)28-10-18(23)21-14/h4-9,11H,10H2,1-3H3,(H,21,23)(H,22,24). The first-order valence-corrected chi connectivity index (χ1v) is 8.72. The highest BCUT2D eigenvalue weighted by Crippen LogP contribution is 2.30. The summed E-state index contributed by atoms with van der Waals surface area (Å²) in [6.45, 7) is 1.32. The minimum atomic E-state index is -1.07. The molecule has 0 saturated heterocycles. The maximum atomic E-state index is 12.5. The Labute approximate surface area is 166 Å². The lowest BCUT2D eigenvalue weighted by molar-refractivity contribution is -0.123. The summed E-state index contributed by atoms with van der Waals surface area (Å²) >= 11 is 0. The molecule has 9 nitrogen and oxygen atoms in total. The zero-order chi connectivity index (χ0) is 21.0. The van der Waals surface area contributed by atoms with Crippen LogP contribution >= 0.6 is 0 Å². The molecule has 2 N–H and O–H groups in total. The molecule has 0 fully saturated rings. The van der Waals surface area contributed by atoms with Crippen LogP contribution in [0, 0.1) is 0 Å². The van der Waals surface area contributed by atoms with Crippen molar-refractivity contribution in [2.75, 3.05) is 31.5 Å². The molecule has 152 valence electrons. The predicted molar refractivity (Wildman–Crippen MR) is 104 cm³/mol. The van der Waals surface area contributed by atoms with Crippen molar-refractivity contribution < 1.29 is 33.3 Å². The Balaban J connectivity index is 1.67. The van der Waals surface area contributed by atoms with Gasteiger partial charge in [0.2, 0.25) is 0 Å². The minimum Gasteiger partial charge on any atom is -0.497 e. The second-order valence-electron chi connectivity index (χ2n) is 6.15. The van der Waals surface area contributed by atoms with Crippen LogP contribution in [0.3, 0.4) is 0 Å². The quantitative estimate of drug-likeness (QED) is 0.715. The zero-order valence-corrected chi connectivity index (χ0v) is 16.1. The fourth-order valence-electron chi connectivity index (χ4n) is 2.63. The van der Waals surface area contributed by atoms with Crippen LogP contribution in [0.5, 0.6) is 17.2 Å². The van der Waals surface area contributed by atoms with Crippen molar-refractivity contribution >= 4 is 29.2 Å². The van der Waals surface area contributed by atoms with Crippen molar-refractivity contribution in [3.8, 4) is 17.2 Å². The summed E-state index contributed by atoms with van der Waals surface area (Å²) in [5, 5.41) is 5.28. The third kappa shape index (κ3) is 4.57. The summed E-state index contributed by atoms with van der Waals surface area (Å²) in [5.41, 5.74) is 1.05. The van der Waals surface area contributed by atoms with Gasteiger partial charge in [0.15, 0.2) is 12.7 Å². The number of fused-ring (bicyclic) bond motifs is 1. The molecule has 0 saturated carbocycles. The number of amides is 2. The molecule has 1 atom stereocenters. The fraction of sp³-hybridized carbons (Fsp3) is 0.250. The molecule has 1 heterocycles. The Bertz CT molecular complexity index is 958. The maximum Gasteiger partial charge on any atom is 0.339 e. The second-order valence-corrected chi connectivity index (χ2v) is 6.15. The van der Waals surface area contributed by atoms with Crippen molar-refractivity contribution in [2.45, 2.75) is 13.0 Å². The topological polar surface area (TPSA) is 112 Å². The van der Waals surface area contributed by atoms with Crippen molar-refractivity contribution in [2.24, 2.45) is 0 Å². The van der Waals surface area contributed by atoms with E-state index in [0.717, 1.165) is 0 Å². The molecule has 1 aliphatic rings. The zero-order valence-electron chi connectivity index (χ0n) is 16.1. The number of carbonyl (C=O) groups excluding carboxylic acids is 3.